The van der Waals surface area contributed by atoms with Crippen LogP contribution in [0.25, 0.3) is 0 Å². The Kier molecular flexibility index (Phi) is 5.31. The van der Waals surface area contributed by atoms with Crippen LogP contribution in [0.4, 0.5) is 0 Å². The Morgan fingerprint density at radius 2 is 2.06 bits per heavy atom. The molecule has 0 aromatic heterocycles. The molecule has 0 aliphatic carbocycles. The van der Waals surface area contributed by atoms with Gasteiger partial charge in [-0.25, -0.2) is 8.42 Å². The summed E-state index contributed by atoms with van der Waals surface area (Å²) in [7, 11) is -3.13. The van der Waals surface area contributed by atoms with Gasteiger partial charge in [-0.2, -0.15) is 0 Å². The van der Waals surface area contributed by atoms with Crippen LogP contribution in [-0.4, -0.2) is 19.9 Å². The molecule has 2 atom stereocenters. The fourth-order valence-corrected chi connectivity index (χ4v) is 2.71. The molecule has 5 heteroatoms. The largest absolute Gasteiger partial charge is 0.271 e. The monoisotopic (exact) mass is 270 g/mol. The van der Waals surface area contributed by atoms with E-state index in [1.807, 2.05) is 24.3 Å². The Hall–Kier alpha value is -0.910. The van der Waals surface area contributed by atoms with Crippen LogP contribution in [0.3, 0.4) is 0 Å². The molecule has 0 aliphatic heterocycles. The van der Waals surface area contributed by atoms with Crippen molar-refractivity contribution >= 4 is 9.84 Å². The van der Waals surface area contributed by atoms with Crippen molar-refractivity contribution in [1.82, 2.24) is 5.43 Å². The molecule has 102 valence electrons. The fraction of sp³-hybridized carbons (Fsp3) is 0.538. The van der Waals surface area contributed by atoms with Crippen LogP contribution >= 0.6 is 0 Å². The van der Waals surface area contributed by atoms with Crippen LogP contribution in [0.2, 0.25) is 0 Å². The average molecular weight is 270 g/mol. The predicted molar refractivity (Wildman–Crippen MR) is 74.8 cm³/mol. The minimum absolute atomic E-state index is 0.378. The van der Waals surface area contributed by atoms with Gasteiger partial charge in [0.05, 0.1) is 11.3 Å². The highest BCUT2D eigenvalue weighted by Crippen LogP contribution is 2.22. The van der Waals surface area contributed by atoms with Gasteiger partial charge in [-0.3, -0.25) is 11.3 Å². The number of aryl methyl sites for hydroxylation is 1. The Morgan fingerprint density at radius 3 is 2.56 bits per heavy atom. The molecule has 0 fully saturated rings. The molecule has 4 nitrogen and oxygen atoms in total. The molecular weight excluding hydrogens is 248 g/mol. The maximum atomic E-state index is 11.6. The van der Waals surface area contributed by atoms with Gasteiger partial charge in [0, 0.05) is 6.26 Å². The molecule has 1 aromatic rings. The number of nitrogens with one attached hydrogen (secondary N) is 1. The summed E-state index contributed by atoms with van der Waals surface area (Å²) in [6, 6.07) is 7.55. The summed E-state index contributed by atoms with van der Waals surface area (Å²) in [4.78, 5) is 0. The molecule has 0 spiro atoms. The highest BCUT2D eigenvalue weighted by atomic mass is 32.2. The third kappa shape index (κ3) is 3.80. The first-order valence-corrected chi connectivity index (χ1v) is 8.09. The summed E-state index contributed by atoms with van der Waals surface area (Å²) in [5.41, 5.74) is 4.74. The van der Waals surface area contributed by atoms with Crippen molar-refractivity contribution in [2.75, 3.05) is 6.26 Å². The maximum absolute atomic E-state index is 11.6. The summed E-state index contributed by atoms with van der Waals surface area (Å²) in [6.07, 6.45) is 3.28. The molecular formula is C13H22N2O2S. The third-order valence-electron chi connectivity index (χ3n) is 3.17. The van der Waals surface area contributed by atoms with E-state index in [0.29, 0.717) is 0 Å². The van der Waals surface area contributed by atoms with Gasteiger partial charge in [-0.1, -0.05) is 37.6 Å². The highest BCUT2D eigenvalue weighted by molar-refractivity contribution is 7.91. The Morgan fingerprint density at radius 1 is 1.39 bits per heavy atom. The SMILES string of the molecule is CCCc1cccc(C(NN)C(C)S(C)(=O)=O)c1. The molecule has 0 amide bonds. The van der Waals surface area contributed by atoms with Gasteiger partial charge in [-0.05, 0) is 24.5 Å². The fourth-order valence-electron chi connectivity index (χ4n) is 1.98. The zero-order chi connectivity index (χ0) is 13.8. The number of rotatable bonds is 6. The first kappa shape index (κ1) is 15.1. The minimum Gasteiger partial charge on any atom is -0.271 e. The number of hydrazine groups is 1. The Labute approximate surface area is 109 Å². The quantitative estimate of drug-likeness (QED) is 0.608. The van der Waals surface area contributed by atoms with Crippen LogP contribution in [0.15, 0.2) is 24.3 Å². The van der Waals surface area contributed by atoms with Crippen molar-refractivity contribution in [3.05, 3.63) is 35.4 Å². The lowest BCUT2D eigenvalue weighted by Crippen LogP contribution is -2.38. The molecule has 2 unspecified atom stereocenters. The van der Waals surface area contributed by atoms with Crippen LogP contribution < -0.4 is 11.3 Å². The van der Waals surface area contributed by atoms with Gasteiger partial charge in [-0.15, -0.1) is 0 Å². The van der Waals surface area contributed by atoms with E-state index in [1.54, 1.807) is 6.92 Å². The summed E-state index contributed by atoms with van der Waals surface area (Å²) in [5, 5.41) is -0.556. The number of benzene rings is 1. The smallest absolute Gasteiger partial charge is 0.151 e. The zero-order valence-electron chi connectivity index (χ0n) is 11.2. The van der Waals surface area contributed by atoms with Gasteiger partial charge in [0.1, 0.15) is 0 Å². The topological polar surface area (TPSA) is 72.2 Å². The predicted octanol–water partition coefficient (Wildman–Crippen LogP) is 1.58. The lowest BCUT2D eigenvalue weighted by atomic mass is 10.0. The molecule has 0 saturated heterocycles. The van der Waals surface area contributed by atoms with E-state index in [4.69, 9.17) is 5.84 Å². The Balaban J connectivity index is 3.05. The first-order valence-electron chi connectivity index (χ1n) is 6.14. The van der Waals surface area contributed by atoms with Crippen molar-refractivity contribution in [2.24, 2.45) is 5.84 Å². The van der Waals surface area contributed by atoms with Crippen molar-refractivity contribution in [3.8, 4) is 0 Å². The molecule has 1 aromatic carbocycles. The molecule has 0 saturated carbocycles. The first-order chi connectivity index (χ1) is 8.40. The normalized spacial score (nSPS) is 15.3. The van der Waals surface area contributed by atoms with E-state index < -0.39 is 15.1 Å². The van der Waals surface area contributed by atoms with Crippen molar-refractivity contribution in [2.45, 2.75) is 38.0 Å². The summed E-state index contributed by atoms with van der Waals surface area (Å²) in [6.45, 7) is 3.79. The molecule has 0 bridgehead atoms. The zero-order valence-corrected chi connectivity index (χ0v) is 12.0. The lowest BCUT2D eigenvalue weighted by Gasteiger charge is -2.22. The van der Waals surface area contributed by atoms with Gasteiger partial charge in [0.2, 0.25) is 0 Å². The summed E-state index contributed by atoms with van der Waals surface area (Å²) in [5.74, 6) is 5.51. The standard InChI is InChI=1S/C13H22N2O2S/c1-4-6-11-7-5-8-12(9-11)13(15-14)10(2)18(3,16)17/h5,7-10,13,15H,4,6,14H2,1-3H3. The van der Waals surface area contributed by atoms with E-state index >= 15 is 0 Å². The third-order valence-corrected chi connectivity index (χ3v) is 4.80. The van der Waals surface area contributed by atoms with Crippen LogP contribution in [-0.2, 0) is 16.3 Å². The molecule has 3 N–H and O–H groups in total. The molecule has 1 rings (SSSR count). The minimum atomic E-state index is -3.13. The summed E-state index contributed by atoms with van der Waals surface area (Å²) < 4.78 is 23.2. The van der Waals surface area contributed by atoms with Gasteiger partial charge >= 0.3 is 0 Å². The second-order valence-corrected chi connectivity index (χ2v) is 7.08. The van der Waals surface area contributed by atoms with Gasteiger partial charge < -0.3 is 0 Å². The molecule has 0 radical (unpaired) electrons. The van der Waals surface area contributed by atoms with Gasteiger partial charge in [0.25, 0.3) is 0 Å². The summed E-state index contributed by atoms with van der Waals surface area (Å²) >= 11 is 0. The highest BCUT2D eigenvalue weighted by Gasteiger charge is 2.26. The molecule has 18 heavy (non-hydrogen) atoms. The van der Waals surface area contributed by atoms with Crippen LogP contribution in [0.5, 0.6) is 0 Å². The van der Waals surface area contributed by atoms with Crippen molar-refractivity contribution < 1.29 is 8.42 Å². The van der Waals surface area contributed by atoms with E-state index in [1.165, 1.54) is 11.8 Å². The molecule has 0 heterocycles. The lowest BCUT2D eigenvalue weighted by molar-refractivity contribution is 0.513. The maximum Gasteiger partial charge on any atom is 0.151 e. The van der Waals surface area contributed by atoms with Crippen LogP contribution in [0.1, 0.15) is 37.4 Å². The van der Waals surface area contributed by atoms with E-state index in [9.17, 15) is 8.42 Å². The molecule has 0 aliphatic rings. The van der Waals surface area contributed by atoms with E-state index in [-0.39, 0.29) is 6.04 Å². The second-order valence-electron chi connectivity index (χ2n) is 4.67. The van der Waals surface area contributed by atoms with Crippen molar-refractivity contribution in [3.63, 3.8) is 0 Å². The number of nitrogens with two attached hydrogens (primary N) is 1. The van der Waals surface area contributed by atoms with Crippen molar-refractivity contribution in [1.29, 1.82) is 0 Å². The second kappa shape index (κ2) is 6.31. The van der Waals surface area contributed by atoms with E-state index in [2.05, 4.69) is 12.3 Å². The van der Waals surface area contributed by atoms with E-state index in [0.717, 1.165) is 18.4 Å². The number of hydrogen-bond donors (Lipinski definition) is 2. The average Bonchev–Trinajstić information content (AvgIpc) is 2.29. The number of hydrogen-bond acceptors (Lipinski definition) is 4. The van der Waals surface area contributed by atoms with Crippen LogP contribution in [0, 0.1) is 0 Å². The van der Waals surface area contributed by atoms with Gasteiger partial charge in [0.15, 0.2) is 9.84 Å². The Bertz CT molecular complexity index is 486. The number of sulfone groups is 1.